The number of carbonyl (C=O) groups is 3. The molecular formula is C20H28O5. The quantitative estimate of drug-likeness (QED) is 0.384. The van der Waals surface area contributed by atoms with E-state index in [4.69, 9.17) is 9.47 Å². The molecule has 0 saturated heterocycles. The molecular weight excluding hydrogens is 320 g/mol. The van der Waals surface area contributed by atoms with E-state index in [1.165, 1.54) is 6.92 Å². The van der Waals surface area contributed by atoms with Gasteiger partial charge in [-0.3, -0.25) is 9.59 Å². The van der Waals surface area contributed by atoms with Gasteiger partial charge in [0.2, 0.25) is 0 Å². The first kappa shape index (κ1) is 20.9. The monoisotopic (exact) mass is 348 g/mol. The number of benzene rings is 1. The predicted octanol–water partition coefficient (Wildman–Crippen LogP) is 3.91. The molecule has 0 saturated carbocycles. The average Bonchev–Trinajstić information content (AvgIpc) is 2.55. The maximum absolute atomic E-state index is 12.1. The molecule has 1 rings (SSSR count). The zero-order valence-corrected chi connectivity index (χ0v) is 15.7. The maximum Gasteiger partial charge on any atom is 0.338 e. The van der Waals surface area contributed by atoms with Crippen LogP contribution in [0.25, 0.3) is 0 Å². The van der Waals surface area contributed by atoms with Crippen LogP contribution in [0.3, 0.4) is 0 Å². The van der Waals surface area contributed by atoms with Gasteiger partial charge in [-0.1, -0.05) is 39.8 Å². The fraction of sp³-hybridized carbons (Fsp3) is 0.550. The Balaban J connectivity index is 2.42. The molecule has 1 aromatic rings. The zero-order valence-electron chi connectivity index (χ0n) is 15.7. The second-order valence-electron chi connectivity index (χ2n) is 6.92. The summed E-state index contributed by atoms with van der Waals surface area (Å²) in [7, 11) is 0. The van der Waals surface area contributed by atoms with Crippen molar-refractivity contribution >= 4 is 17.7 Å². The van der Waals surface area contributed by atoms with Crippen molar-refractivity contribution < 1.29 is 23.9 Å². The molecule has 0 aliphatic carbocycles. The van der Waals surface area contributed by atoms with E-state index in [1.807, 2.05) is 13.8 Å². The molecule has 0 fully saturated rings. The molecule has 0 aliphatic heterocycles. The third kappa shape index (κ3) is 7.08. The number of Topliss-reactive ketones (excluding diaryl/α,β-unsaturated/α-hetero) is 1. The standard InChI is InChI=1S/C20H28O5/c1-13(2)12-18(14(3)4)20(23)25-11-10-24-19(22)17-8-6-16(7-9-17)15(5)21/h6-9,13-14,18H,10-12H2,1-5H3. The molecule has 0 N–H and O–H groups in total. The number of carbonyl (C=O) groups excluding carboxylic acids is 3. The molecule has 0 aliphatic rings. The van der Waals surface area contributed by atoms with Crippen LogP contribution in [-0.4, -0.2) is 30.9 Å². The lowest BCUT2D eigenvalue weighted by atomic mass is 9.88. The van der Waals surface area contributed by atoms with Crippen LogP contribution in [-0.2, 0) is 14.3 Å². The smallest absolute Gasteiger partial charge is 0.338 e. The second-order valence-corrected chi connectivity index (χ2v) is 6.92. The van der Waals surface area contributed by atoms with E-state index in [0.717, 1.165) is 6.42 Å². The Bertz CT molecular complexity index is 587. The Hall–Kier alpha value is -2.17. The average molecular weight is 348 g/mol. The first-order chi connectivity index (χ1) is 11.7. The van der Waals surface area contributed by atoms with Crippen LogP contribution < -0.4 is 0 Å². The number of hydrogen-bond acceptors (Lipinski definition) is 5. The number of rotatable bonds is 9. The molecule has 1 atom stereocenters. The first-order valence-electron chi connectivity index (χ1n) is 8.67. The summed E-state index contributed by atoms with van der Waals surface area (Å²) in [5, 5.41) is 0. The summed E-state index contributed by atoms with van der Waals surface area (Å²) in [4.78, 5) is 35.3. The molecule has 25 heavy (non-hydrogen) atoms. The summed E-state index contributed by atoms with van der Waals surface area (Å²) in [5.41, 5.74) is 0.895. The van der Waals surface area contributed by atoms with Crippen LogP contribution in [0.5, 0.6) is 0 Å². The number of ether oxygens (including phenoxy) is 2. The Morgan fingerprint density at radius 2 is 1.40 bits per heavy atom. The fourth-order valence-corrected chi connectivity index (χ4v) is 2.46. The molecule has 5 nitrogen and oxygen atoms in total. The van der Waals surface area contributed by atoms with Crippen LogP contribution in [0.4, 0.5) is 0 Å². The minimum Gasteiger partial charge on any atom is -0.462 e. The Kier molecular flexibility index (Phi) is 8.32. The Labute approximate surface area is 149 Å². The maximum atomic E-state index is 12.1. The van der Waals surface area contributed by atoms with Gasteiger partial charge in [0.1, 0.15) is 13.2 Å². The minimum absolute atomic E-state index is 0.00548. The molecule has 5 heteroatoms. The van der Waals surface area contributed by atoms with Crippen molar-refractivity contribution in [2.45, 2.75) is 41.0 Å². The van der Waals surface area contributed by atoms with Crippen molar-refractivity contribution in [2.75, 3.05) is 13.2 Å². The summed E-state index contributed by atoms with van der Waals surface area (Å²) in [6.45, 7) is 9.65. The second kappa shape index (κ2) is 9.97. The molecule has 0 spiro atoms. The lowest BCUT2D eigenvalue weighted by Gasteiger charge is -2.21. The molecule has 0 radical (unpaired) electrons. The zero-order chi connectivity index (χ0) is 19.0. The lowest BCUT2D eigenvalue weighted by molar-refractivity contribution is -0.151. The number of hydrogen-bond donors (Lipinski definition) is 0. The summed E-state index contributed by atoms with van der Waals surface area (Å²) in [5.74, 6) is -0.338. The van der Waals surface area contributed by atoms with Crippen molar-refractivity contribution in [3.63, 3.8) is 0 Å². The summed E-state index contributed by atoms with van der Waals surface area (Å²) < 4.78 is 10.3. The van der Waals surface area contributed by atoms with Gasteiger partial charge in [-0.25, -0.2) is 4.79 Å². The summed E-state index contributed by atoms with van der Waals surface area (Å²) in [6.07, 6.45) is 0.777. The normalized spacial score (nSPS) is 12.1. The first-order valence-corrected chi connectivity index (χ1v) is 8.67. The van der Waals surface area contributed by atoms with Crippen molar-refractivity contribution in [3.8, 4) is 0 Å². The highest BCUT2D eigenvalue weighted by Crippen LogP contribution is 2.21. The van der Waals surface area contributed by atoms with E-state index in [2.05, 4.69) is 13.8 Å². The van der Waals surface area contributed by atoms with Gasteiger partial charge < -0.3 is 9.47 Å². The van der Waals surface area contributed by atoms with Crippen molar-refractivity contribution in [3.05, 3.63) is 35.4 Å². The van der Waals surface area contributed by atoms with Gasteiger partial charge in [0.25, 0.3) is 0 Å². The van der Waals surface area contributed by atoms with Crippen LogP contribution in [0.2, 0.25) is 0 Å². The molecule has 1 aromatic carbocycles. The molecule has 0 heterocycles. The fourth-order valence-electron chi connectivity index (χ4n) is 2.46. The molecule has 1 unspecified atom stereocenters. The van der Waals surface area contributed by atoms with Gasteiger partial charge in [0.05, 0.1) is 11.5 Å². The SMILES string of the molecule is CC(=O)c1ccc(C(=O)OCCOC(=O)C(CC(C)C)C(C)C)cc1. The van der Waals surface area contributed by atoms with Crippen molar-refractivity contribution in [2.24, 2.45) is 17.8 Å². The van der Waals surface area contributed by atoms with Crippen molar-refractivity contribution in [1.29, 1.82) is 0 Å². The van der Waals surface area contributed by atoms with E-state index in [-0.39, 0.29) is 36.8 Å². The number of esters is 2. The van der Waals surface area contributed by atoms with Crippen LogP contribution in [0.15, 0.2) is 24.3 Å². The van der Waals surface area contributed by atoms with Gasteiger partial charge in [0.15, 0.2) is 5.78 Å². The van der Waals surface area contributed by atoms with Crippen LogP contribution in [0.1, 0.15) is 61.8 Å². The third-order valence-electron chi connectivity index (χ3n) is 3.92. The summed E-state index contributed by atoms with van der Waals surface area (Å²) in [6, 6.07) is 6.25. The van der Waals surface area contributed by atoms with Crippen molar-refractivity contribution in [1.82, 2.24) is 0 Å². The lowest BCUT2D eigenvalue weighted by Crippen LogP contribution is -2.26. The molecule has 0 aromatic heterocycles. The molecule has 138 valence electrons. The van der Waals surface area contributed by atoms with E-state index < -0.39 is 5.97 Å². The van der Waals surface area contributed by atoms with Gasteiger partial charge in [-0.15, -0.1) is 0 Å². The van der Waals surface area contributed by atoms with E-state index in [0.29, 0.717) is 17.0 Å². The number of ketones is 1. The highest BCUT2D eigenvalue weighted by atomic mass is 16.6. The highest BCUT2D eigenvalue weighted by molar-refractivity contribution is 5.96. The largest absolute Gasteiger partial charge is 0.462 e. The van der Waals surface area contributed by atoms with Gasteiger partial charge >= 0.3 is 11.9 Å². The van der Waals surface area contributed by atoms with Gasteiger partial charge in [-0.05, 0) is 37.3 Å². The van der Waals surface area contributed by atoms with Gasteiger partial charge in [0, 0.05) is 5.56 Å². The Morgan fingerprint density at radius 1 is 0.880 bits per heavy atom. The third-order valence-corrected chi connectivity index (χ3v) is 3.92. The molecule has 0 amide bonds. The van der Waals surface area contributed by atoms with E-state index >= 15 is 0 Å². The summed E-state index contributed by atoms with van der Waals surface area (Å²) >= 11 is 0. The van der Waals surface area contributed by atoms with E-state index in [1.54, 1.807) is 24.3 Å². The van der Waals surface area contributed by atoms with Crippen LogP contribution >= 0.6 is 0 Å². The van der Waals surface area contributed by atoms with Crippen LogP contribution in [0, 0.1) is 17.8 Å². The predicted molar refractivity (Wildman–Crippen MR) is 95.5 cm³/mol. The van der Waals surface area contributed by atoms with Gasteiger partial charge in [-0.2, -0.15) is 0 Å². The Morgan fingerprint density at radius 3 is 1.88 bits per heavy atom. The topological polar surface area (TPSA) is 69.7 Å². The highest BCUT2D eigenvalue weighted by Gasteiger charge is 2.24. The molecule has 0 bridgehead atoms. The van der Waals surface area contributed by atoms with E-state index in [9.17, 15) is 14.4 Å². The minimum atomic E-state index is -0.506.